The zero-order valence-electron chi connectivity index (χ0n) is 11.6. The van der Waals surface area contributed by atoms with E-state index in [1.807, 2.05) is 6.07 Å². The molecule has 2 atom stereocenters. The zero-order valence-corrected chi connectivity index (χ0v) is 11.6. The van der Waals surface area contributed by atoms with Gasteiger partial charge in [0.15, 0.2) is 0 Å². The van der Waals surface area contributed by atoms with Gasteiger partial charge in [-0.1, -0.05) is 44.2 Å². The predicted octanol–water partition coefficient (Wildman–Crippen LogP) is 3.54. The molecule has 0 aliphatic heterocycles. The topological polar surface area (TPSA) is 21.3 Å². The van der Waals surface area contributed by atoms with E-state index in [9.17, 15) is 0 Å². The Labute approximate surface area is 105 Å². The molecule has 0 amide bonds. The third-order valence-electron chi connectivity index (χ3n) is 2.60. The second kappa shape index (κ2) is 6.77. The molecule has 0 aliphatic carbocycles. The van der Waals surface area contributed by atoms with Crippen molar-refractivity contribution in [3.05, 3.63) is 35.9 Å². The second-order valence-electron chi connectivity index (χ2n) is 5.13. The van der Waals surface area contributed by atoms with Crippen molar-refractivity contribution in [3.63, 3.8) is 0 Å². The smallest absolute Gasteiger partial charge is 0.0978 e. The van der Waals surface area contributed by atoms with Gasteiger partial charge in [0.05, 0.1) is 12.2 Å². The number of benzene rings is 1. The highest BCUT2D eigenvalue weighted by atomic mass is 16.5. The maximum Gasteiger partial charge on any atom is 0.0978 e. The van der Waals surface area contributed by atoms with E-state index >= 15 is 0 Å². The molecule has 0 aromatic heterocycles. The molecule has 0 saturated heterocycles. The van der Waals surface area contributed by atoms with Crippen LogP contribution in [0.2, 0.25) is 0 Å². The van der Waals surface area contributed by atoms with Crippen molar-refractivity contribution >= 4 is 0 Å². The first kappa shape index (κ1) is 14.2. The third-order valence-corrected chi connectivity index (χ3v) is 2.60. The van der Waals surface area contributed by atoms with Crippen molar-refractivity contribution in [2.75, 3.05) is 0 Å². The first-order chi connectivity index (χ1) is 8.00. The Hall–Kier alpha value is -0.860. The number of hydrogen-bond donors (Lipinski definition) is 1. The lowest BCUT2D eigenvalue weighted by Crippen LogP contribution is -2.38. The molecular formula is C15H25NO. The van der Waals surface area contributed by atoms with E-state index in [2.05, 4.69) is 64.2 Å². The monoisotopic (exact) mass is 235 g/mol. The molecule has 2 heteroatoms. The Balaban J connectivity index is 2.80. The fourth-order valence-corrected chi connectivity index (χ4v) is 2.03. The molecule has 0 unspecified atom stereocenters. The maximum absolute atomic E-state index is 6.04. The first-order valence-corrected chi connectivity index (χ1v) is 6.47. The van der Waals surface area contributed by atoms with E-state index < -0.39 is 0 Å². The summed E-state index contributed by atoms with van der Waals surface area (Å²) in [7, 11) is 0. The Morgan fingerprint density at radius 3 is 2.00 bits per heavy atom. The Bertz CT molecular complexity index is 308. The van der Waals surface area contributed by atoms with Crippen molar-refractivity contribution in [3.8, 4) is 0 Å². The van der Waals surface area contributed by atoms with E-state index in [0.29, 0.717) is 12.1 Å². The van der Waals surface area contributed by atoms with Crippen LogP contribution in [-0.4, -0.2) is 18.2 Å². The van der Waals surface area contributed by atoms with E-state index in [-0.39, 0.29) is 12.2 Å². The van der Waals surface area contributed by atoms with Gasteiger partial charge in [0.25, 0.3) is 0 Å². The van der Waals surface area contributed by atoms with Gasteiger partial charge in [-0.15, -0.1) is 0 Å². The van der Waals surface area contributed by atoms with Gasteiger partial charge in [-0.3, -0.25) is 0 Å². The highest BCUT2D eigenvalue weighted by Gasteiger charge is 2.21. The summed E-state index contributed by atoms with van der Waals surface area (Å²) >= 11 is 0. The van der Waals surface area contributed by atoms with Crippen LogP contribution in [0.1, 0.15) is 46.3 Å². The van der Waals surface area contributed by atoms with Crippen molar-refractivity contribution in [2.24, 2.45) is 0 Å². The summed E-state index contributed by atoms with van der Waals surface area (Å²) in [6.07, 6.45) is 0.343. The summed E-state index contributed by atoms with van der Waals surface area (Å²) in [6, 6.07) is 11.2. The summed E-state index contributed by atoms with van der Waals surface area (Å²) in [4.78, 5) is 0. The van der Waals surface area contributed by atoms with Crippen LogP contribution in [0.4, 0.5) is 0 Å². The summed E-state index contributed by atoms with van der Waals surface area (Å²) < 4.78 is 6.04. The molecule has 1 aromatic rings. The molecule has 17 heavy (non-hydrogen) atoms. The fraction of sp³-hybridized carbons (Fsp3) is 0.600. The van der Waals surface area contributed by atoms with Gasteiger partial charge in [0, 0.05) is 12.1 Å². The SMILES string of the molecule is CC(C)N[C@H](C)[C@@H](OC(C)C)c1ccccc1. The van der Waals surface area contributed by atoms with E-state index in [1.54, 1.807) is 0 Å². The standard InChI is InChI=1S/C15H25NO/c1-11(2)16-13(5)15(17-12(3)4)14-9-7-6-8-10-14/h6-13,15-16H,1-5H3/t13-,15-/m1/s1. The van der Waals surface area contributed by atoms with Crippen LogP contribution < -0.4 is 5.32 Å². The normalized spacial score (nSPS) is 15.2. The molecule has 0 aliphatic rings. The molecule has 0 heterocycles. The molecule has 0 bridgehead atoms. The molecule has 0 spiro atoms. The molecule has 0 saturated carbocycles. The average Bonchev–Trinajstić information content (AvgIpc) is 2.25. The summed E-state index contributed by atoms with van der Waals surface area (Å²) in [5, 5.41) is 3.52. The molecule has 0 radical (unpaired) electrons. The van der Waals surface area contributed by atoms with E-state index in [1.165, 1.54) is 5.56 Å². The van der Waals surface area contributed by atoms with Gasteiger partial charge in [-0.25, -0.2) is 0 Å². The molecular weight excluding hydrogens is 210 g/mol. The van der Waals surface area contributed by atoms with Gasteiger partial charge in [-0.2, -0.15) is 0 Å². The Morgan fingerprint density at radius 1 is 0.941 bits per heavy atom. The lowest BCUT2D eigenvalue weighted by atomic mass is 10.0. The summed E-state index contributed by atoms with van der Waals surface area (Å²) in [6.45, 7) is 10.7. The van der Waals surface area contributed by atoms with Crippen LogP contribution in [0, 0.1) is 0 Å². The fourth-order valence-electron chi connectivity index (χ4n) is 2.03. The van der Waals surface area contributed by atoms with Crippen LogP contribution in [0.25, 0.3) is 0 Å². The minimum atomic E-state index is 0.110. The highest BCUT2D eigenvalue weighted by Crippen LogP contribution is 2.23. The lowest BCUT2D eigenvalue weighted by Gasteiger charge is -2.29. The molecule has 1 N–H and O–H groups in total. The Morgan fingerprint density at radius 2 is 1.53 bits per heavy atom. The minimum Gasteiger partial charge on any atom is -0.369 e. The largest absolute Gasteiger partial charge is 0.369 e. The number of rotatable bonds is 6. The summed E-state index contributed by atoms with van der Waals surface area (Å²) in [5.74, 6) is 0. The Kier molecular flexibility index (Phi) is 5.66. The first-order valence-electron chi connectivity index (χ1n) is 6.47. The van der Waals surface area contributed by atoms with Crippen LogP contribution in [0.3, 0.4) is 0 Å². The average molecular weight is 235 g/mol. The predicted molar refractivity (Wildman–Crippen MR) is 73.1 cm³/mol. The zero-order chi connectivity index (χ0) is 12.8. The number of ether oxygens (including phenoxy) is 1. The minimum absolute atomic E-state index is 0.110. The van der Waals surface area contributed by atoms with Gasteiger partial charge < -0.3 is 10.1 Å². The van der Waals surface area contributed by atoms with E-state index in [0.717, 1.165) is 0 Å². The van der Waals surface area contributed by atoms with Gasteiger partial charge in [0.1, 0.15) is 0 Å². The number of nitrogens with one attached hydrogen (secondary N) is 1. The van der Waals surface area contributed by atoms with Crippen LogP contribution in [0.15, 0.2) is 30.3 Å². The van der Waals surface area contributed by atoms with Crippen molar-refractivity contribution in [1.29, 1.82) is 0 Å². The van der Waals surface area contributed by atoms with Gasteiger partial charge >= 0.3 is 0 Å². The molecule has 2 nitrogen and oxygen atoms in total. The lowest BCUT2D eigenvalue weighted by molar-refractivity contribution is -0.0137. The number of hydrogen-bond acceptors (Lipinski definition) is 2. The van der Waals surface area contributed by atoms with Crippen molar-refractivity contribution in [1.82, 2.24) is 5.32 Å². The molecule has 1 aromatic carbocycles. The van der Waals surface area contributed by atoms with Crippen LogP contribution in [0.5, 0.6) is 0 Å². The second-order valence-corrected chi connectivity index (χ2v) is 5.13. The van der Waals surface area contributed by atoms with E-state index in [4.69, 9.17) is 4.74 Å². The van der Waals surface area contributed by atoms with Crippen molar-refractivity contribution in [2.45, 2.75) is 58.9 Å². The van der Waals surface area contributed by atoms with Gasteiger partial charge in [0.2, 0.25) is 0 Å². The van der Waals surface area contributed by atoms with Crippen LogP contribution >= 0.6 is 0 Å². The third kappa shape index (κ3) is 4.88. The van der Waals surface area contributed by atoms with Gasteiger partial charge in [-0.05, 0) is 26.3 Å². The highest BCUT2D eigenvalue weighted by molar-refractivity contribution is 5.19. The molecule has 0 fully saturated rings. The van der Waals surface area contributed by atoms with Crippen LogP contribution in [-0.2, 0) is 4.74 Å². The quantitative estimate of drug-likeness (QED) is 0.814. The summed E-state index contributed by atoms with van der Waals surface area (Å²) in [5.41, 5.74) is 1.24. The molecule has 96 valence electrons. The van der Waals surface area contributed by atoms with Crippen molar-refractivity contribution < 1.29 is 4.74 Å². The molecule has 1 rings (SSSR count). The maximum atomic E-state index is 6.04.